The van der Waals surface area contributed by atoms with Gasteiger partial charge in [0.1, 0.15) is 17.9 Å². The number of carbonyl (C=O) groups is 1. The first-order valence-electron chi connectivity index (χ1n) is 8.04. The third-order valence-corrected chi connectivity index (χ3v) is 5.06. The van der Waals surface area contributed by atoms with E-state index in [4.69, 9.17) is 4.42 Å². The van der Waals surface area contributed by atoms with Gasteiger partial charge in [-0.2, -0.15) is 0 Å². The molecule has 0 aliphatic heterocycles. The number of nitrogens with zero attached hydrogens (tertiary/aromatic N) is 2. The Morgan fingerprint density at radius 2 is 1.78 bits per heavy atom. The zero-order chi connectivity index (χ0) is 18.8. The highest BCUT2D eigenvalue weighted by atomic mass is 32.1. The van der Waals surface area contributed by atoms with Crippen molar-refractivity contribution in [3.05, 3.63) is 83.3 Å². The zero-order valence-electron chi connectivity index (χ0n) is 13.9. The smallest absolute Gasteiger partial charge is 0.225 e. The van der Waals surface area contributed by atoms with E-state index in [1.807, 2.05) is 24.3 Å². The van der Waals surface area contributed by atoms with Crippen molar-refractivity contribution in [3.63, 3.8) is 0 Å². The first-order chi connectivity index (χ1) is 13.1. The van der Waals surface area contributed by atoms with Gasteiger partial charge in [-0.05, 0) is 29.8 Å². The van der Waals surface area contributed by atoms with Crippen molar-refractivity contribution in [1.82, 2.24) is 9.97 Å². The molecule has 0 aliphatic rings. The molecule has 27 heavy (non-hydrogen) atoms. The Labute approximate surface area is 157 Å². The normalized spacial score (nSPS) is 10.9. The molecular formula is C20H12F2N2O2S. The lowest BCUT2D eigenvalue weighted by Crippen LogP contribution is -2.06. The first-order valence-corrected chi connectivity index (χ1v) is 8.85. The van der Waals surface area contributed by atoms with Crippen LogP contribution >= 0.6 is 11.3 Å². The summed E-state index contributed by atoms with van der Waals surface area (Å²) in [6, 6.07) is 11.0. The van der Waals surface area contributed by atoms with Gasteiger partial charge in [0.05, 0.1) is 11.1 Å². The summed E-state index contributed by atoms with van der Waals surface area (Å²) >= 11 is 1.17. The molecular weight excluding hydrogens is 370 g/mol. The number of hydrogen-bond acceptors (Lipinski definition) is 5. The van der Waals surface area contributed by atoms with Gasteiger partial charge < -0.3 is 4.42 Å². The number of thiazole rings is 1. The average molecular weight is 382 g/mol. The van der Waals surface area contributed by atoms with Crippen molar-refractivity contribution in [2.24, 2.45) is 0 Å². The number of rotatable bonds is 5. The fraction of sp³-hybridized carbons (Fsp3) is 0.0500. The topological polar surface area (TPSA) is 56.0 Å². The van der Waals surface area contributed by atoms with Crippen molar-refractivity contribution >= 4 is 17.1 Å². The van der Waals surface area contributed by atoms with Crippen molar-refractivity contribution < 1.29 is 18.0 Å². The van der Waals surface area contributed by atoms with Gasteiger partial charge in [0.2, 0.25) is 5.89 Å². The highest BCUT2D eigenvalue weighted by Gasteiger charge is 2.18. The largest absolute Gasteiger partial charge is 0.445 e. The summed E-state index contributed by atoms with van der Waals surface area (Å²) in [5.41, 5.74) is 1.40. The van der Waals surface area contributed by atoms with Crippen molar-refractivity contribution in [1.29, 1.82) is 0 Å². The summed E-state index contributed by atoms with van der Waals surface area (Å²) in [6.07, 6.45) is 4.26. The molecule has 0 N–H and O–H groups in total. The number of oxazole rings is 1. The lowest BCUT2D eigenvalue weighted by Gasteiger charge is -2.02. The lowest BCUT2D eigenvalue weighted by molar-refractivity contribution is 0.0990. The summed E-state index contributed by atoms with van der Waals surface area (Å²) < 4.78 is 32.8. The Morgan fingerprint density at radius 3 is 2.52 bits per heavy atom. The Morgan fingerprint density at radius 1 is 1.04 bits per heavy atom. The van der Waals surface area contributed by atoms with Crippen LogP contribution in [0.5, 0.6) is 0 Å². The van der Waals surface area contributed by atoms with Gasteiger partial charge in [0.25, 0.3) is 0 Å². The van der Waals surface area contributed by atoms with Crippen molar-refractivity contribution in [3.8, 4) is 21.9 Å². The van der Waals surface area contributed by atoms with Gasteiger partial charge in [-0.25, -0.2) is 18.7 Å². The summed E-state index contributed by atoms with van der Waals surface area (Å²) in [6.45, 7) is 0. The molecule has 4 nitrogen and oxygen atoms in total. The second-order valence-corrected chi connectivity index (χ2v) is 6.78. The first kappa shape index (κ1) is 17.2. The molecule has 4 aromatic rings. The van der Waals surface area contributed by atoms with E-state index in [0.717, 1.165) is 28.1 Å². The fourth-order valence-electron chi connectivity index (χ4n) is 2.65. The molecule has 7 heteroatoms. The Hall–Kier alpha value is -3.19. The maximum Gasteiger partial charge on any atom is 0.225 e. The molecule has 0 spiro atoms. The number of aromatic nitrogens is 2. The highest BCUT2D eigenvalue weighted by Crippen LogP contribution is 2.30. The summed E-state index contributed by atoms with van der Waals surface area (Å²) in [7, 11) is 0. The van der Waals surface area contributed by atoms with Gasteiger partial charge in [-0.3, -0.25) is 4.79 Å². The average Bonchev–Trinajstić information content (AvgIpc) is 3.37. The molecule has 0 fully saturated rings. The Balaban J connectivity index is 1.59. The second kappa shape index (κ2) is 7.20. The van der Waals surface area contributed by atoms with E-state index >= 15 is 0 Å². The van der Waals surface area contributed by atoms with Crippen LogP contribution in [0, 0.1) is 11.6 Å². The molecule has 0 unspecified atom stereocenters. The van der Waals surface area contributed by atoms with E-state index < -0.39 is 17.4 Å². The number of ketones is 1. The molecule has 2 aromatic heterocycles. The molecule has 0 radical (unpaired) electrons. The maximum atomic E-state index is 13.8. The maximum absolute atomic E-state index is 13.8. The van der Waals surface area contributed by atoms with E-state index in [0.29, 0.717) is 5.89 Å². The number of Topliss-reactive ketones (excluding diaryl/α,β-unsaturated/α-hetero) is 1. The van der Waals surface area contributed by atoms with Crippen LogP contribution in [0.15, 0.2) is 65.5 Å². The fourth-order valence-corrected chi connectivity index (χ4v) is 3.50. The Bertz CT molecular complexity index is 1090. The van der Waals surface area contributed by atoms with Crippen LogP contribution in [0.3, 0.4) is 0 Å². The van der Waals surface area contributed by atoms with E-state index in [9.17, 15) is 13.6 Å². The summed E-state index contributed by atoms with van der Waals surface area (Å²) in [4.78, 5) is 21.4. The van der Waals surface area contributed by atoms with E-state index in [1.165, 1.54) is 23.7 Å². The molecule has 0 aliphatic carbocycles. The van der Waals surface area contributed by atoms with Crippen LogP contribution < -0.4 is 0 Å². The predicted octanol–water partition coefficient (Wildman–Crippen LogP) is 5.17. The standard InChI is InChI=1S/C20H12F2N2O2S/c21-15-5-2-6-16(22)14(15)10-17(25)20-24-11-18(27-20)12-3-1-4-13(9-12)19-23-7-8-26-19/h1-9,11H,10H2. The van der Waals surface area contributed by atoms with Gasteiger partial charge in [-0.1, -0.05) is 18.2 Å². The highest BCUT2D eigenvalue weighted by molar-refractivity contribution is 7.17. The minimum atomic E-state index is -0.737. The monoisotopic (exact) mass is 382 g/mol. The molecule has 0 saturated heterocycles. The van der Waals surface area contributed by atoms with Gasteiger partial charge in [-0.15, -0.1) is 11.3 Å². The molecule has 0 bridgehead atoms. The number of hydrogen-bond donors (Lipinski definition) is 0. The van der Waals surface area contributed by atoms with E-state index in [2.05, 4.69) is 9.97 Å². The zero-order valence-corrected chi connectivity index (χ0v) is 14.7. The van der Waals surface area contributed by atoms with Gasteiger partial charge in [0.15, 0.2) is 10.8 Å². The number of benzene rings is 2. The SMILES string of the molecule is O=C(Cc1c(F)cccc1F)c1ncc(-c2cccc(-c3ncco3)c2)s1. The molecule has 0 atom stereocenters. The van der Waals surface area contributed by atoms with Crippen molar-refractivity contribution in [2.45, 2.75) is 6.42 Å². The van der Waals surface area contributed by atoms with Gasteiger partial charge in [0, 0.05) is 23.7 Å². The molecule has 0 saturated carbocycles. The third-order valence-electron chi connectivity index (χ3n) is 3.97. The third kappa shape index (κ3) is 3.54. The van der Waals surface area contributed by atoms with Crippen LogP contribution in [0.25, 0.3) is 21.9 Å². The molecule has 4 rings (SSSR count). The van der Waals surface area contributed by atoms with Crippen LogP contribution in [0.2, 0.25) is 0 Å². The molecule has 2 heterocycles. The van der Waals surface area contributed by atoms with Crippen LogP contribution in [-0.2, 0) is 6.42 Å². The molecule has 0 amide bonds. The van der Waals surface area contributed by atoms with E-state index in [1.54, 1.807) is 12.4 Å². The second-order valence-electron chi connectivity index (χ2n) is 5.75. The minimum Gasteiger partial charge on any atom is -0.445 e. The minimum absolute atomic E-state index is 0.203. The quantitative estimate of drug-likeness (QED) is 0.447. The van der Waals surface area contributed by atoms with Gasteiger partial charge >= 0.3 is 0 Å². The van der Waals surface area contributed by atoms with Crippen molar-refractivity contribution in [2.75, 3.05) is 0 Å². The summed E-state index contributed by atoms with van der Waals surface area (Å²) in [5.74, 6) is -1.41. The van der Waals surface area contributed by atoms with Crippen LogP contribution in [0.1, 0.15) is 15.4 Å². The number of halogens is 2. The van der Waals surface area contributed by atoms with Crippen LogP contribution in [-0.4, -0.2) is 15.8 Å². The Kier molecular flexibility index (Phi) is 4.60. The molecule has 134 valence electrons. The molecule has 2 aromatic carbocycles. The predicted molar refractivity (Wildman–Crippen MR) is 97.4 cm³/mol. The summed E-state index contributed by atoms with van der Waals surface area (Å²) in [5, 5.41) is 0.203. The van der Waals surface area contributed by atoms with E-state index in [-0.39, 0.29) is 17.0 Å². The lowest BCUT2D eigenvalue weighted by atomic mass is 10.1. The van der Waals surface area contributed by atoms with Crippen LogP contribution in [0.4, 0.5) is 8.78 Å². The number of carbonyl (C=O) groups excluding carboxylic acids is 1.